The molecule has 6 nitrogen and oxygen atoms in total. The van der Waals surface area contributed by atoms with E-state index in [0.717, 1.165) is 6.42 Å². The molecule has 0 aliphatic carbocycles. The zero-order valence-corrected chi connectivity index (χ0v) is 12.8. The average molecular weight is 291 g/mol. The van der Waals surface area contributed by atoms with E-state index in [0.29, 0.717) is 16.8 Å². The first-order valence-electron chi connectivity index (χ1n) is 6.98. The van der Waals surface area contributed by atoms with Crippen molar-refractivity contribution in [2.75, 3.05) is 5.73 Å². The SMILES string of the molecule is CCC(C)(C)NC(=O)C(C)n1c(=O)oc2ccc(N)cc21. The fraction of sp³-hybridized carbons (Fsp3) is 0.467. The van der Waals surface area contributed by atoms with E-state index >= 15 is 0 Å². The number of anilines is 1. The van der Waals surface area contributed by atoms with Crippen LogP contribution in [0.3, 0.4) is 0 Å². The molecular formula is C15H21N3O3. The fourth-order valence-electron chi connectivity index (χ4n) is 2.06. The number of hydrogen-bond donors (Lipinski definition) is 2. The zero-order valence-electron chi connectivity index (χ0n) is 12.8. The van der Waals surface area contributed by atoms with Crippen LogP contribution in [0.1, 0.15) is 40.2 Å². The molecule has 1 unspecified atom stereocenters. The van der Waals surface area contributed by atoms with Crippen molar-refractivity contribution in [2.24, 2.45) is 0 Å². The molecule has 0 bridgehead atoms. The highest BCUT2D eigenvalue weighted by Crippen LogP contribution is 2.20. The molecule has 1 heterocycles. The molecule has 0 radical (unpaired) electrons. The van der Waals surface area contributed by atoms with Gasteiger partial charge in [0.15, 0.2) is 5.58 Å². The number of carbonyl (C=O) groups is 1. The standard InChI is InChI=1S/C15H21N3O3/c1-5-15(3,4)17-13(19)9(2)18-11-8-10(16)6-7-12(11)21-14(18)20/h6-9H,5,16H2,1-4H3,(H,17,19). The van der Waals surface area contributed by atoms with Crippen molar-refractivity contribution in [1.29, 1.82) is 0 Å². The van der Waals surface area contributed by atoms with Crippen LogP contribution in [-0.2, 0) is 4.79 Å². The first kappa shape index (κ1) is 15.2. The van der Waals surface area contributed by atoms with Gasteiger partial charge in [-0.15, -0.1) is 0 Å². The lowest BCUT2D eigenvalue weighted by Crippen LogP contribution is -2.46. The van der Waals surface area contributed by atoms with E-state index in [4.69, 9.17) is 10.2 Å². The van der Waals surface area contributed by atoms with Crippen LogP contribution in [-0.4, -0.2) is 16.0 Å². The van der Waals surface area contributed by atoms with E-state index in [1.807, 2.05) is 20.8 Å². The Hall–Kier alpha value is -2.24. The van der Waals surface area contributed by atoms with Crippen LogP contribution in [0.4, 0.5) is 5.69 Å². The molecule has 0 saturated heterocycles. The topological polar surface area (TPSA) is 90.3 Å². The van der Waals surface area contributed by atoms with Crippen LogP contribution in [0.15, 0.2) is 27.4 Å². The number of benzene rings is 1. The molecule has 0 fully saturated rings. The number of carbonyl (C=O) groups excluding carboxylic acids is 1. The van der Waals surface area contributed by atoms with Crippen molar-refractivity contribution in [3.05, 3.63) is 28.7 Å². The molecule has 2 aromatic rings. The van der Waals surface area contributed by atoms with Gasteiger partial charge in [-0.3, -0.25) is 9.36 Å². The molecule has 0 saturated carbocycles. The number of aromatic nitrogens is 1. The second kappa shape index (κ2) is 5.27. The minimum absolute atomic E-state index is 0.228. The van der Waals surface area contributed by atoms with Crippen molar-refractivity contribution in [1.82, 2.24) is 9.88 Å². The molecule has 0 aliphatic rings. The molecule has 21 heavy (non-hydrogen) atoms. The molecule has 0 spiro atoms. The summed E-state index contributed by atoms with van der Waals surface area (Å²) in [5.41, 5.74) is 6.88. The van der Waals surface area contributed by atoms with Crippen LogP contribution < -0.4 is 16.8 Å². The third kappa shape index (κ3) is 2.94. The number of nitrogens with two attached hydrogens (primary N) is 1. The van der Waals surface area contributed by atoms with E-state index in [1.54, 1.807) is 25.1 Å². The van der Waals surface area contributed by atoms with Crippen molar-refractivity contribution in [3.63, 3.8) is 0 Å². The Kier molecular flexibility index (Phi) is 3.80. The molecule has 6 heteroatoms. The van der Waals surface area contributed by atoms with Crippen LogP contribution in [0.5, 0.6) is 0 Å². The van der Waals surface area contributed by atoms with E-state index in [-0.39, 0.29) is 11.4 Å². The Balaban J connectivity index is 2.42. The Bertz CT molecular complexity index is 727. The second-order valence-corrected chi connectivity index (χ2v) is 5.87. The number of fused-ring (bicyclic) bond motifs is 1. The van der Waals surface area contributed by atoms with Crippen molar-refractivity contribution < 1.29 is 9.21 Å². The summed E-state index contributed by atoms with van der Waals surface area (Å²) in [7, 11) is 0. The quantitative estimate of drug-likeness (QED) is 0.843. The number of nitrogens with one attached hydrogen (secondary N) is 1. The van der Waals surface area contributed by atoms with Gasteiger partial charge >= 0.3 is 5.76 Å². The highest BCUT2D eigenvalue weighted by Gasteiger charge is 2.25. The normalized spacial score (nSPS) is 13.3. The Morgan fingerprint density at radius 2 is 2.14 bits per heavy atom. The van der Waals surface area contributed by atoms with Crippen molar-refractivity contribution in [3.8, 4) is 0 Å². The molecule has 114 valence electrons. The fourth-order valence-corrected chi connectivity index (χ4v) is 2.06. The number of oxazole rings is 1. The van der Waals surface area contributed by atoms with E-state index in [2.05, 4.69) is 5.32 Å². The predicted octanol–water partition coefficient (Wildman–Crippen LogP) is 2.04. The third-order valence-electron chi connectivity index (χ3n) is 3.75. The molecule has 2 rings (SSSR count). The minimum Gasteiger partial charge on any atom is -0.408 e. The lowest BCUT2D eigenvalue weighted by molar-refractivity contribution is -0.125. The lowest BCUT2D eigenvalue weighted by Gasteiger charge is -2.26. The molecule has 1 atom stereocenters. The van der Waals surface area contributed by atoms with Gasteiger partial charge in [0.25, 0.3) is 0 Å². The largest absolute Gasteiger partial charge is 0.420 e. The van der Waals surface area contributed by atoms with Gasteiger partial charge in [-0.25, -0.2) is 4.79 Å². The number of rotatable bonds is 4. The van der Waals surface area contributed by atoms with Gasteiger partial charge in [0.1, 0.15) is 6.04 Å². The third-order valence-corrected chi connectivity index (χ3v) is 3.75. The highest BCUT2D eigenvalue weighted by molar-refractivity contribution is 5.84. The number of hydrogen-bond acceptors (Lipinski definition) is 4. The zero-order chi connectivity index (χ0) is 15.8. The minimum atomic E-state index is -0.675. The van der Waals surface area contributed by atoms with Gasteiger partial charge in [-0.2, -0.15) is 0 Å². The van der Waals surface area contributed by atoms with Crippen LogP contribution in [0.25, 0.3) is 11.1 Å². The summed E-state index contributed by atoms with van der Waals surface area (Å²) < 4.78 is 6.48. The average Bonchev–Trinajstić information content (AvgIpc) is 2.72. The van der Waals surface area contributed by atoms with Gasteiger partial charge in [0.2, 0.25) is 5.91 Å². The van der Waals surface area contributed by atoms with E-state index < -0.39 is 11.8 Å². The molecule has 1 aromatic heterocycles. The van der Waals surface area contributed by atoms with Crippen LogP contribution in [0.2, 0.25) is 0 Å². The van der Waals surface area contributed by atoms with Crippen LogP contribution >= 0.6 is 0 Å². The molecule has 3 N–H and O–H groups in total. The molecule has 1 aromatic carbocycles. The Morgan fingerprint density at radius 3 is 2.76 bits per heavy atom. The predicted molar refractivity (Wildman–Crippen MR) is 82.1 cm³/mol. The summed E-state index contributed by atoms with van der Waals surface area (Å²) in [6, 6.07) is 4.24. The van der Waals surface area contributed by atoms with Gasteiger partial charge in [-0.1, -0.05) is 6.92 Å². The van der Waals surface area contributed by atoms with Gasteiger partial charge in [0, 0.05) is 11.2 Å². The molecule has 0 aliphatic heterocycles. The van der Waals surface area contributed by atoms with E-state index in [1.165, 1.54) is 4.57 Å². The monoisotopic (exact) mass is 291 g/mol. The van der Waals surface area contributed by atoms with Crippen molar-refractivity contribution in [2.45, 2.75) is 45.7 Å². The summed E-state index contributed by atoms with van der Waals surface area (Å²) in [4.78, 5) is 24.4. The molecule has 1 amide bonds. The van der Waals surface area contributed by atoms with Crippen molar-refractivity contribution >= 4 is 22.7 Å². The Morgan fingerprint density at radius 1 is 1.48 bits per heavy atom. The van der Waals surface area contributed by atoms with Gasteiger partial charge < -0.3 is 15.5 Å². The molecular weight excluding hydrogens is 270 g/mol. The summed E-state index contributed by atoms with van der Waals surface area (Å²) in [6.07, 6.45) is 0.791. The second-order valence-electron chi connectivity index (χ2n) is 5.87. The summed E-state index contributed by atoms with van der Waals surface area (Å²) in [5.74, 6) is -0.790. The van der Waals surface area contributed by atoms with Gasteiger partial charge in [-0.05, 0) is 45.4 Å². The number of nitrogen functional groups attached to an aromatic ring is 1. The number of nitrogens with zero attached hydrogens (tertiary/aromatic N) is 1. The Labute approximate surface area is 122 Å². The number of amides is 1. The maximum absolute atomic E-state index is 12.4. The maximum Gasteiger partial charge on any atom is 0.420 e. The highest BCUT2D eigenvalue weighted by atomic mass is 16.4. The summed E-state index contributed by atoms with van der Waals surface area (Å²) in [6.45, 7) is 7.53. The van der Waals surface area contributed by atoms with Gasteiger partial charge in [0.05, 0.1) is 5.52 Å². The maximum atomic E-state index is 12.4. The van der Waals surface area contributed by atoms with E-state index in [9.17, 15) is 9.59 Å². The first-order valence-corrected chi connectivity index (χ1v) is 6.98. The summed E-state index contributed by atoms with van der Waals surface area (Å²) in [5, 5.41) is 2.93. The first-order chi connectivity index (χ1) is 9.75. The summed E-state index contributed by atoms with van der Waals surface area (Å²) >= 11 is 0. The lowest BCUT2D eigenvalue weighted by atomic mass is 10.0. The van der Waals surface area contributed by atoms with Crippen LogP contribution in [0, 0.1) is 0 Å². The smallest absolute Gasteiger partial charge is 0.408 e.